The molecule has 2 N–H and O–H groups in total. The number of rotatable bonds is 1. The summed E-state index contributed by atoms with van der Waals surface area (Å²) in [6.45, 7) is 2.17. The van der Waals surface area contributed by atoms with Gasteiger partial charge in [-0.2, -0.15) is 0 Å². The average molecular weight is 191 g/mol. The quantitative estimate of drug-likeness (QED) is 0.690. The number of nitrogens with zero attached hydrogens (tertiary/aromatic N) is 1. The van der Waals surface area contributed by atoms with Gasteiger partial charge in [0.25, 0.3) is 0 Å². The van der Waals surface area contributed by atoms with Gasteiger partial charge in [0.05, 0.1) is 10.7 Å². The van der Waals surface area contributed by atoms with Crippen LogP contribution in [0.1, 0.15) is 11.3 Å². The molecular weight excluding hydrogens is 183 g/mol. The van der Waals surface area contributed by atoms with Crippen molar-refractivity contribution >= 4 is 23.2 Å². The molecule has 4 heteroatoms. The van der Waals surface area contributed by atoms with Gasteiger partial charge in [-0.1, -0.05) is 23.2 Å². The number of hydrogen-bond acceptors (Lipinski definition) is 2. The maximum absolute atomic E-state index is 5.79. The zero-order chi connectivity index (χ0) is 8.43. The molecule has 1 heterocycles. The van der Waals surface area contributed by atoms with E-state index in [0.717, 1.165) is 11.3 Å². The molecule has 0 aliphatic carbocycles. The van der Waals surface area contributed by atoms with E-state index in [9.17, 15) is 0 Å². The van der Waals surface area contributed by atoms with Crippen LogP contribution in [0.3, 0.4) is 0 Å². The number of nitrogens with two attached hydrogens (primary N) is 1. The van der Waals surface area contributed by atoms with Gasteiger partial charge in [-0.05, 0) is 13.0 Å². The van der Waals surface area contributed by atoms with Crippen molar-refractivity contribution in [1.29, 1.82) is 0 Å². The third kappa shape index (κ3) is 1.83. The number of aromatic nitrogens is 1. The predicted octanol–water partition coefficient (Wildman–Crippen LogP) is 2.16. The van der Waals surface area contributed by atoms with Crippen molar-refractivity contribution in [2.24, 2.45) is 5.73 Å². The lowest BCUT2D eigenvalue weighted by molar-refractivity contribution is 1.03. The largest absolute Gasteiger partial charge is 0.326 e. The standard InChI is InChI=1S/C7H8Cl2N2/c1-4-6(8)2-5(3-10)7(9)11-4/h2H,3,10H2,1H3. The molecule has 0 radical (unpaired) electrons. The maximum Gasteiger partial charge on any atom is 0.133 e. The molecule has 1 aromatic heterocycles. The maximum atomic E-state index is 5.79. The smallest absolute Gasteiger partial charge is 0.133 e. The molecule has 0 aromatic carbocycles. The zero-order valence-electron chi connectivity index (χ0n) is 6.06. The summed E-state index contributed by atoms with van der Waals surface area (Å²) in [4.78, 5) is 4.00. The van der Waals surface area contributed by atoms with E-state index in [-0.39, 0.29) is 0 Å². The first-order chi connectivity index (χ1) is 5.15. The van der Waals surface area contributed by atoms with E-state index in [4.69, 9.17) is 28.9 Å². The lowest BCUT2D eigenvalue weighted by atomic mass is 10.2. The summed E-state index contributed by atoms with van der Waals surface area (Å²) < 4.78 is 0. The Morgan fingerprint density at radius 3 is 2.73 bits per heavy atom. The number of pyridine rings is 1. The van der Waals surface area contributed by atoms with Crippen LogP contribution in [0.25, 0.3) is 0 Å². The molecule has 0 aliphatic rings. The molecule has 0 saturated carbocycles. The van der Waals surface area contributed by atoms with Crippen LogP contribution in [-0.2, 0) is 6.54 Å². The van der Waals surface area contributed by atoms with Crippen molar-refractivity contribution in [3.8, 4) is 0 Å². The van der Waals surface area contributed by atoms with Crippen molar-refractivity contribution in [2.45, 2.75) is 13.5 Å². The summed E-state index contributed by atoms with van der Waals surface area (Å²) in [6, 6.07) is 1.74. The van der Waals surface area contributed by atoms with Crippen molar-refractivity contribution in [3.05, 3.63) is 27.5 Å². The summed E-state index contributed by atoms with van der Waals surface area (Å²) in [5.41, 5.74) is 6.90. The molecule has 0 amide bonds. The molecule has 0 unspecified atom stereocenters. The fourth-order valence-corrected chi connectivity index (χ4v) is 1.16. The number of hydrogen-bond donors (Lipinski definition) is 1. The molecule has 1 aromatic rings. The van der Waals surface area contributed by atoms with Crippen LogP contribution in [0.4, 0.5) is 0 Å². The minimum absolute atomic E-state index is 0.367. The van der Waals surface area contributed by atoms with Crippen LogP contribution in [0.5, 0.6) is 0 Å². The van der Waals surface area contributed by atoms with Gasteiger partial charge in [-0.25, -0.2) is 4.98 Å². The molecule has 60 valence electrons. The molecule has 0 fully saturated rings. The minimum Gasteiger partial charge on any atom is -0.326 e. The lowest BCUT2D eigenvalue weighted by Crippen LogP contribution is -1.99. The summed E-state index contributed by atoms with van der Waals surface area (Å²) >= 11 is 11.5. The molecule has 0 spiro atoms. The Morgan fingerprint density at radius 1 is 1.55 bits per heavy atom. The number of halogens is 2. The van der Waals surface area contributed by atoms with Crippen LogP contribution in [-0.4, -0.2) is 4.98 Å². The summed E-state index contributed by atoms with van der Waals surface area (Å²) in [6.07, 6.45) is 0. The summed E-state index contributed by atoms with van der Waals surface area (Å²) in [5, 5.41) is 1.05. The van der Waals surface area contributed by atoms with E-state index < -0.39 is 0 Å². The predicted molar refractivity (Wildman–Crippen MR) is 46.9 cm³/mol. The van der Waals surface area contributed by atoms with E-state index in [1.54, 1.807) is 13.0 Å². The highest BCUT2D eigenvalue weighted by Crippen LogP contribution is 2.20. The Kier molecular flexibility index (Phi) is 2.71. The van der Waals surface area contributed by atoms with Crippen LogP contribution >= 0.6 is 23.2 Å². The lowest BCUT2D eigenvalue weighted by Gasteiger charge is -2.02. The van der Waals surface area contributed by atoms with Gasteiger partial charge in [0.1, 0.15) is 5.15 Å². The van der Waals surface area contributed by atoms with Crippen LogP contribution in [0.2, 0.25) is 10.2 Å². The molecule has 0 saturated heterocycles. The highest BCUT2D eigenvalue weighted by Gasteiger charge is 2.03. The summed E-state index contributed by atoms with van der Waals surface area (Å²) in [5.74, 6) is 0. The van der Waals surface area contributed by atoms with E-state index in [1.165, 1.54) is 0 Å². The fraction of sp³-hybridized carbons (Fsp3) is 0.286. The molecular formula is C7H8Cl2N2. The second kappa shape index (κ2) is 3.39. The first kappa shape index (κ1) is 8.78. The molecule has 0 bridgehead atoms. The second-order valence-corrected chi connectivity index (χ2v) is 2.97. The monoisotopic (exact) mass is 190 g/mol. The zero-order valence-corrected chi connectivity index (χ0v) is 7.58. The highest BCUT2D eigenvalue weighted by atomic mass is 35.5. The van der Waals surface area contributed by atoms with Gasteiger partial charge < -0.3 is 5.73 Å². The van der Waals surface area contributed by atoms with Crippen LogP contribution in [0, 0.1) is 6.92 Å². The molecule has 11 heavy (non-hydrogen) atoms. The third-order valence-electron chi connectivity index (χ3n) is 1.40. The van der Waals surface area contributed by atoms with Crippen LogP contribution in [0.15, 0.2) is 6.07 Å². The van der Waals surface area contributed by atoms with Crippen LogP contribution < -0.4 is 5.73 Å². The normalized spacial score (nSPS) is 10.2. The van der Waals surface area contributed by atoms with Crippen molar-refractivity contribution in [1.82, 2.24) is 4.98 Å². The first-order valence-electron chi connectivity index (χ1n) is 3.16. The number of aryl methyl sites for hydroxylation is 1. The van der Waals surface area contributed by atoms with Crippen molar-refractivity contribution in [3.63, 3.8) is 0 Å². The Hall–Kier alpha value is -0.310. The Labute approximate surface area is 75.3 Å². The van der Waals surface area contributed by atoms with E-state index in [0.29, 0.717) is 16.7 Å². The minimum atomic E-state index is 0.367. The molecule has 1 rings (SSSR count). The van der Waals surface area contributed by atoms with Gasteiger partial charge in [0.2, 0.25) is 0 Å². The molecule has 2 nitrogen and oxygen atoms in total. The van der Waals surface area contributed by atoms with E-state index in [2.05, 4.69) is 4.98 Å². The molecule has 0 aliphatic heterocycles. The SMILES string of the molecule is Cc1nc(Cl)c(CN)cc1Cl. The Balaban J connectivity index is 3.21. The highest BCUT2D eigenvalue weighted by molar-refractivity contribution is 6.33. The van der Waals surface area contributed by atoms with Crippen molar-refractivity contribution in [2.75, 3.05) is 0 Å². The topological polar surface area (TPSA) is 38.9 Å². The van der Waals surface area contributed by atoms with E-state index in [1.807, 2.05) is 0 Å². The van der Waals surface area contributed by atoms with Gasteiger partial charge in [-0.15, -0.1) is 0 Å². The third-order valence-corrected chi connectivity index (χ3v) is 2.11. The van der Waals surface area contributed by atoms with Crippen molar-refractivity contribution < 1.29 is 0 Å². The molecule has 0 atom stereocenters. The average Bonchev–Trinajstić information content (AvgIpc) is 1.97. The first-order valence-corrected chi connectivity index (χ1v) is 3.92. The second-order valence-electron chi connectivity index (χ2n) is 2.21. The fourth-order valence-electron chi connectivity index (χ4n) is 0.733. The summed E-state index contributed by atoms with van der Waals surface area (Å²) in [7, 11) is 0. The van der Waals surface area contributed by atoms with Gasteiger partial charge in [0, 0.05) is 12.1 Å². The Morgan fingerprint density at radius 2 is 2.18 bits per heavy atom. The van der Waals surface area contributed by atoms with Gasteiger partial charge in [-0.3, -0.25) is 0 Å². The van der Waals surface area contributed by atoms with Gasteiger partial charge in [0.15, 0.2) is 0 Å². The van der Waals surface area contributed by atoms with Gasteiger partial charge >= 0.3 is 0 Å². The Bertz CT molecular complexity index is 273. The van der Waals surface area contributed by atoms with E-state index >= 15 is 0 Å².